The fourth-order valence-corrected chi connectivity index (χ4v) is 3.01. The largest absolute Gasteiger partial charge is 0.433 e. The number of nitrogens with one attached hydrogen (secondary N) is 2. The van der Waals surface area contributed by atoms with E-state index >= 15 is 4.39 Å². The molecule has 0 saturated carbocycles. The number of H-pyrrole nitrogens is 1. The summed E-state index contributed by atoms with van der Waals surface area (Å²) in [4.78, 5) is 33.9. The zero-order valence-corrected chi connectivity index (χ0v) is 17.6. The minimum atomic E-state index is -4.69. The highest BCUT2D eigenvalue weighted by atomic mass is 35.5. The van der Waals surface area contributed by atoms with Gasteiger partial charge in [-0.3, -0.25) is 9.59 Å². The number of aromatic nitrogens is 3. The molecule has 0 spiro atoms. The van der Waals surface area contributed by atoms with Crippen LogP contribution in [0.1, 0.15) is 25.1 Å². The van der Waals surface area contributed by atoms with Crippen LogP contribution in [0.25, 0.3) is 22.8 Å². The molecule has 2 heterocycles. The average molecular weight is 469 g/mol. The van der Waals surface area contributed by atoms with Crippen LogP contribution in [0.3, 0.4) is 0 Å². The molecule has 0 bridgehead atoms. The number of hydrogen-bond donors (Lipinski definition) is 2. The van der Waals surface area contributed by atoms with Gasteiger partial charge in [-0.15, -0.1) is 0 Å². The van der Waals surface area contributed by atoms with Crippen molar-refractivity contribution >= 4 is 17.5 Å². The van der Waals surface area contributed by atoms with Crippen LogP contribution in [0.4, 0.5) is 17.6 Å². The highest BCUT2D eigenvalue weighted by Crippen LogP contribution is 2.32. The van der Waals surface area contributed by atoms with E-state index in [1.54, 1.807) is 13.8 Å². The number of nitrogens with zero attached hydrogens (tertiary/aromatic N) is 2. The van der Waals surface area contributed by atoms with Crippen molar-refractivity contribution in [2.75, 3.05) is 0 Å². The number of aromatic amines is 1. The smallest absolute Gasteiger partial charge is 0.352 e. The summed E-state index contributed by atoms with van der Waals surface area (Å²) in [5.74, 6) is -1.71. The maximum absolute atomic E-state index is 15.2. The van der Waals surface area contributed by atoms with E-state index in [1.807, 2.05) is 0 Å². The molecule has 0 fully saturated rings. The van der Waals surface area contributed by atoms with Gasteiger partial charge in [-0.05, 0) is 18.2 Å². The summed E-state index contributed by atoms with van der Waals surface area (Å²) in [5, 5.41) is 2.49. The third-order valence-electron chi connectivity index (χ3n) is 4.43. The fourth-order valence-electron chi connectivity index (χ4n) is 2.78. The highest BCUT2D eigenvalue weighted by Gasteiger charge is 2.32. The van der Waals surface area contributed by atoms with Crippen LogP contribution in [0, 0.1) is 11.7 Å². The zero-order chi connectivity index (χ0) is 23.6. The van der Waals surface area contributed by atoms with Crippen molar-refractivity contribution in [2.24, 2.45) is 5.92 Å². The van der Waals surface area contributed by atoms with Crippen molar-refractivity contribution in [2.45, 2.75) is 26.6 Å². The molecular weight excluding hydrogens is 452 g/mol. The van der Waals surface area contributed by atoms with Crippen LogP contribution < -0.4 is 10.9 Å². The minimum absolute atomic E-state index is 0.0845. The Morgan fingerprint density at radius 2 is 1.88 bits per heavy atom. The van der Waals surface area contributed by atoms with E-state index in [9.17, 15) is 22.8 Å². The van der Waals surface area contributed by atoms with Crippen molar-refractivity contribution in [1.29, 1.82) is 0 Å². The second-order valence-electron chi connectivity index (χ2n) is 7.15. The summed E-state index contributed by atoms with van der Waals surface area (Å²) in [6, 6.07) is 6.84. The molecule has 0 saturated heterocycles. The van der Waals surface area contributed by atoms with Crippen molar-refractivity contribution in [3.05, 3.63) is 68.8 Å². The standard InChI is InChI=1S/C21H17ClF4N4O2/c1-10(2)20(32)27-9-11-6-7-12(22)17(18(11)23)19-29-14(8-16(31)30-19)13-4-3-5-15(28-13)21(24,25)26/h3-8,10H,9H2,1-2H3,(H,27,32)(H,29,30,31). The Hall–Kier alpha value is -3.27. The van der Waals surface area contributed by atoms with Gasteiger partial charge in [0.2, 0.25) is 5.91 Å². The molecule has 0 aliphatic heterocycles. The van der Waals surface area contributed by atoms with Gasteiger partial charge in [0.05, 0.1) is 22.0 Å². The molecule has 2 N–H and O–H groups in total. The summed E-state index contributed by atoms with van der Waals surface area (Å²) in [7, 11) is 0. The first-order valence-corrected chi connectivity index (χ1v) is 9.76. The maximum atomic E-state index is 15.2. The van der Waals surface area contributed by atoms with Crippen LogP contribution in [0.15, 0.2) is 41.2 Å². The van der Waals surface area contributed by atoms with Gasteiger partial charge in [0.25, 0.3) is 5.56 Å². The third-order valence-corrected chi connectivity index (χ3v) is 4.74. The first-order chi connectivity index (χ1) is 15.0. The lowest BCUT2D eigenvalue weighted by molar-refractivity contribution is -0.141. The van der Waals surface area contributed by atoms with E-state index < -0.39 is 23.2 Å². The summed E-state index contributed by atoms with van der Waals surface area (Å²) in [6.45, 7) is 3.23. The van der Waals surface area contributed by atoms with Crippen LogP contribution in [-0.4, -0.2) is 20.9 Å². The lowest BCUT2D eigenvalue weighted by Crippen LogP contribution is -2.27. The Kier molecular flexibility index (Phi) is 6.63. The minimum Gasteiger partial charge on any atom is -0.352 e. The summed E-state index contributed by atoms with van der Waals surface area (Å²) < 4.78 is 54.2. The Balaban J connectivity index is 2.06. The molecule has 6 nitrogen and oxygen atoms in total. The Bertz CT molecular complexity index is 1230. The SMILES string of the molecule is CC(C)C(=O)NCc1ccc(Cl)c(-c2nc(-c3cccc(C(F)(F)F)n3)cc(=O)[nH]2)c1F. The van der Waals surface area contributed by atoms with E-state index in [4.69, 9.17) is 11.6 Å². The Morgan fingerprint density at radius 3 is 2.53 bits per heavy atom. The van der Waals surface area contributed by atoms with Crippen LogP contribution in [-0.2, 0) is 17.5 Å². The second kappa shape index (κ2) is 9.07. The van der Waals surface area contributed by atoms with E-state index in [-0.39, 0.29) is 51.7 Å². The molecule has 32 heavy (non-hydrogen) atoms. The van der Waals surface area contributed by atoms with Gasteiger partial charge in [0.15, 0.2) is 0 Å². The number of carbonyl (C=O) groups is 1. The molecule has 168 valence electrons. The molecule has 11 heteroatoms. The normalized spacial score (nSPS) is 11.6. The predicted molar refractivity (Wildman–Crippen MR) is 110 cm³/mol. The number of alkyl halides is 3. The van der Waals surface area contributed by atoms with Gasteiger partial charge in [-0.25, -0.2) is 14.4 Å². The predicted octanol–water partition coefficient (Wildman–Crippen LogP) is 4.58. The van der Waals surface area contributed by atoms with E-state index in [2.05, 4.69) is 20.3 Å². The maximum Gasteiger partial charge on any atom is 0.433 e. The lowest BCUT2D eigenvalue weighted by atomic mass is 10.1. The van der Waals surface area contributed by atoms with Crippen molar-refractivity contribution in [1.82, 2.24) is 20.3 Å². The van der Waals surface area contributed by atoms with Crippen LogP contribution in [0.5, 0.6) is 0 Å². The number of halogens is 5. The molecular formula is C21H17ClF4N4O2. The average Bonchev–Trinajstić information content (AvgIpc) is 2.72. The van der Waals surface area contributed by atoms with Gasteiger partial charge in [-0.2, -0.15) is 13.2 Å². The quantitative estimate of drug-likeness (QED) is 0.536. The molecule has 0 aliphatic rings. The van der Waals surface area contributed by atoms with E-state index in [1.165, 1.54) is 18.2 Å². The van der Waals surface area contributed by atoms with Crippen molar-refractivity contribution in [3.63, 3.8) is 0 Å². The topological polar surface area (TPSA) is 87.7 Å². The highest BCUT2D eigenvalue weighted by molar-refractivity contribution is 6.33. The second-order valence-corrected chi connectivity index (χ2v) is 7.56. The molecule has 3 aromatic rings. The molecule has 0 atom stereocenters. The first-order valence-electron chi connectivity index (χ1n) is 9.38. The van der Waals surface area contributed by atoms with Gasteiger partial charge in [-0.1, -0.05) is 37.6 Å². The number of pyridine rings is 1. The van der Waals surface area contributed by atoms with E-state index in [0.717, 1.165) is 18.2 Å². The Labute approximate surface area is 184 Å². The molecule has 0 radical (unpaired) electrons. The Morgan fingerprint density at radius 1 is 1.16 bits per heavy atom. The zero-order valence-electron chi connectivity index (χ0n) is 16.8. The third kappa shape index (κ3) is 5.13. The summed E-state index contributed by atoms with van der Waals surface area (Å²) in [5.41, 5.74) is -2.48. The summed E-state index contributed by atoms with van der Waals surface area (Å²) >= 11 is 6.13. The monoisotopic (exact) mass is 468 g/mol. The van der Waals surface area contributed by atoms with E-state index in [0.29, 0.717) is 0 Å². The lowest BCUT2D eigenvalue weighted by Gasteiger charge is -2.13. The van der Waals surface area contributed by atoms with Crippen molar-refractivity contribution < 1.29 is 22.4 Å². The fraction of sp³-hybridized carbons (Fsp3) is 0.238. The molecule has 1 aromatic carbocycles. The van der Waals surface area contributed by atoms with Crippen LogP contribution in [0.2, 0.25) is 5.02 Å². The first kappa shape index (κ1) is 23.4. The van der Waals surface area contributed by atoms with Crippen LogP contribution >= 0.6 is 11.6 Å². The van der Waals surface area contributed by atoms with Gasteiger partial charge < -0.3 is 10.3 Å². The summed E-state index contributed by atoms with van der Waals surface area (Å²) in [6.07, 6.45) is -4.69. The molecule has 0 aliphatic carbocycles. The molecule has 3 rings (SSSR count). The number of benzene rings is 1. The molecule has 0 unspecified atom stereocenters. The number of hydrogen-bond acceptors (Lipinski definition) is 4. The number of amides is 1. The van der Waals surface area contributed by atoms with Gasteiger partial charge in [0.1, 0.15) is 17.3 Å². The van der Waals surface area contributed by atoms with Gasteiger partial charge >= 0.3 is 6.18 Å². The number of carbonyl (C=O) groups excluding carboxylic acids is 1. The molecule has 1 amide bonds. The van der Waals surface area contributed by atoms with Gasteiger partial charge in [0, 0.05) is 24.1 Å². The number of rotatable bonds is 5. The van der Waals surface area contributed by atoms with Crippen molar-refractivity contribution in [3.8, 4) is 22.8 Å². The molecule has 2 aromatic heterocycles.